The number of pyridine rings is 1. The SMILES string of the molecule is COc1ccccc1N=Nc1cnn(Cc2ccc[n+](C)c2)c1N.[Cl-]. The van der Waals surface area contributed by atoms with Crippen molar-refractivity contribution in [3.05, 3.63) is 60.6 Å². The molecular formula is C17H19ClN6O. The maximum atomic E-state index is 6.13. The Kier molecular flexibility index (Phi) is 6.08. The smallest absolute Gasteiger partial charge is 0.173 e. The molecule has 1 aromatic carbocycles. The summed E-state index contributed by atoms with van der Waals surface area (Å²) >= 11 is 0. The summed E-state index contributed by atoms with van der Waals surface area (Å²) in [6.45, 7) is 0.574. The van der Waals surface area contributed by atoms with Crippen molar-refractivity contribution in [3.63, 3.8) is 0 Å². The number of hydrogen-bond acceptors (Lipinski definition) is 5. The number of methoxy groups -OCH3 is 1. The molecule has 8 heteroatoms. The third-order valence-electron chi connectivity index (χ3n) is 3.54. The first kappa shape index (κ1) is 18.4. The van der Waals surface area contributed by atoms with E-state index in [1.54, 1.807) is 18.0 Å². The van der Waals surface area contributed by atoms with Gasteiger partial charge in [-0.3, -0.25) is 0 Å². The molecule has 0 spiro atoms. The van der Waals surface area contributed by atoms with Gasteiger partial charge in [0, 0.05) is 11.6 Å². The number of nitrogens with zero attached hydrogens (tertiary/aromatic N) is 5. The molecule has 0 fully saturated rings. The van der Waals surface area contributed by atoms with Crippen LogP contribution in [0.15, 0.2) is 65.2 Å². The van der Waals surface area contributed by atoms with Crippen LogP contribution in [0.1, 0.15) is 5.56 Å². The molecule has 7 nitrogen and oxygen atoms in total. The lowest BCUT2D eigenvalue weighted by molar-refractivity contribution is -0.671. The monoisotopic (exact) mass is 358 g/mol. The minimum Gasteiger partial charge on any atom is -1.00 e. The van der Waals surface area contributed by atoms with Gasteiger partial charge in [0.15, 0.2) is 12.4 Å². The Balaban J connectivity index is 0.00000225. The molecule has 0 unspecified atom stereocenters. The van der Waals surface area contributed by atoms with Gasteiger partial charge in [-0.25, -0.2) is 9.25 Å². The predicted octanol–water partition coefficient (Wildman–Crippen LogP) is -0.234. The third kappa shape index (κ3) is 4.33. The van der Waals surface area contributed by atoms with E-state index in [-0.39, 0.29) is 12.4 Å². The zero-order chi connectivity index (χ0) is 16.9. The van der Waals surface area contributed by atoms with Crippen molar-refractivity contribution >= 4 is 17.2 Å². The number of azo groups is 1. The lowest BCUT2D eigenvalue weighted by atomic mass is 10.3. The Morgan fingerprint density at radius 1 is 1.16 bits per heavy atom. The highest BCUT2D eigenvalue weighted by Gasteiger charge is 2.09. The number of aryl methyl sites for hydroxylation is 1. The summed E-state index contributed by atoms with van der Waals surface area (Å²) in [6.07, 6.45) is 5.61. The quantitative estimate of drug-likeness (QED) is 0.505. The fourth-order valence-electron chi connectivity index (χ4n) is 2.32. The number of para-hydroxylation sites is 1. The minimum absolute atomic E-state index is 0. The summed E-state index contributed by atoms with van der Waals surface area (Å²) < 4.78 is 8.94. The van der Waals surface area contributed by atoms with Crippen LogP contribution >= 0.6 is 0 Å². The highest BCUT2D eigenvalue weighted by atomic mass is 35.5. The molecule has 0 aliphatic heterocycles. The number of hydrogen-bond donors (Lipinski definition) is 1. The van der Waals surface area contributed by atoms with Gasteiger partial charge < -0.3 is 22.9 Å². The summed E-state index contributed by atoms with van der Waals surface area (Å²) in [7, 11) is 3.57. The number of nitrogen functional groups attached to an aromatic ring is 1. The van der Waals surface area contributed by atoms with Crippen molar-refractivity contribution in [2.24, 2.45) is 17.3 Å². The highest BCUT2D eigenvalue weighted by Crippen LogP contribution is 2.30. The van der Waals surface area contributed by atoms with E-state index in [1.165, 1.54) is 0 Å². The molecule has 0 aliphatic carbocycles. The van der Waals surface area contributed by atoms with Crippen molar-refractivity contribution in [1.82, 2.24) is 9.78 Å². The second-order valence-electron chi connectivity index (χ2n) is 5.32. The average Bonchev–Trinajstić information content (AvgIpc) is 2.93. The lowest BCUT2D eigenvalue weighted by Crippen LogP contribution is -3.00. The molecule has 3 rings (SSSR count). The topological polar surface area (TPSA) is 81.7 Å². The summed E-state index contributed by atoms with van der Waals surface area (Å²) in [5.74, 6) is 1.13. The van der Waals surface area contributed by atoms with Gasteiger partial charge in [-0.15, -0.1) is 10.2 Å². The van der Waals surface area contributed by atoms with Gasteiger partial charge in [-0.1, -0.05) is 12.1 Å². The van der Waals surface area contributed by atoms with Crippen LogP contribution in [-0.4, -0.2) is 16.9 Å². The molecule has 0 radical (unpaired) electrons. The molecule has 25 heavy (non-hydrogen) atoms. The van der Waals surface area contributed by atoms with Crippen molar-refractivity contribution < 1.29 is 21.7 Å². The van der Waals surface area contributed by atoms with E-state index < -0.39 is 0 Å². The van der Waals surface area contributed by atoms with Crippen LogP contribution in [0.25, 0.3) is 0 Å². The van der Waals surface area contributed by atoms with Crippen molar-refractivity contribution in [2.75, 3.05) is 12.8 Å². The highest BCUT2D eigenvalue weighted by molar-refractivity contribution is 5.57. The first-order valence-corrected chi connectivity index (χ1v) is 7.47. The Bertz CT molecular complexity index is 877. The van der Waals surface area contributed by atoms with Crippen LogP contribution < -0.4 is 27.4 Å². The largest absolute Gasteiger partial charge is 1.00 e. The number of aromatic nitrogens is 3. The van der Waals surface area contributed by atoms with Gasteiger partial charge in [0.2, 0.25) is 0 Å². The Labute approximate surface area is 152 Å². The molecular weight excluding hydrogens is 340 g/mol. The number of nitrogens with two attached hydrogens (primary N) is 1. The van der Waals surface area contributed by atoms with Crippen LogP contribution in [0.2, 0.25) is 0 Å². The van der Waals surface area contributed by atoms with Crippen molar-refractivity contribution in [1.29, 1.82) is 0 Å². The molecule has 130 valence electrons. The van der Waals surface area contributed by atoms with E-state index in [0.717, 1.165) is 5.56 Å². The Morgan fingerprint density at radius 2 is 1.92 bits per heavy atom. The molecule has 2 aromatic heterocycles. The number of halogens is 1. The molecule has 0 amide bonds. The maximum Gasteiger partial charge on any atom is 0.173 e. The van der Waals surface area contributed by atoms with Gasteiger partial charge >= 0.3 is 0 Å². The van der Waals surface area contributed by atoms with Crippen molar-refractivity contribution in [3.8, 4) is 5.75 Å². The van der Waals surface area contributed by atoms with E-state index >= 15 is 0 Å². The number of ether oxygens (including phenoxy) is 1. The summed E-state index contributed by atoms with van der Waals surface area (Å²) in [4.78, 5) is 0. The lowest BCUT2D eigenvalue weighted by Gasteiger charge is -2.03. The average molecular weight is 359 g/mol. The molecule has 0 bridgehead atoms. The third-order valence-corrected chi connectivity index (χ3v) is 3.54. The predicted molar refractivity (Wildman–Crippen MR) is 90.5 cm³/mol. The zero-order valence-corrected chi connectivity index (χ0v) is 14.8. The number of benzene rings is 1. The van der Waals surface area contributed by atoms with Crippen molar-refractivity contribution in [2.45, 2.75) is 6.54 Å². The van der Waals surface area contributed by atoms with E-state index in [1.807, 2.05) is 60.4 Å². The van der Waals surface area contributed by atoms with Crippen LogP contribution in [0.5, 0.6) is 5.75 Å². The fourth-order valence-corrected chi connectivity index (χ4v) is 2.32. The standard InChI is InChI=1S/C17H19N6O.ClH/c1-22-9-5-6-13(11-22)12-23-17(18)15(10-19-23)21-20-14-7-3-4-8-16(14)24-2;/h3-11H,12,18H2,1-2H3;1H/q+1;/p-1. The summed E-state index contributed by atoms with van der Waals surface area (Å²) in [6, 6.07) is 11.4. The van der Waals surface area contributed by atoms with Crippen LogP contribution in [0.3, 0.4) is 0 Å². The molecule has 3 aromatic rings. The summed E-state index contributed by atoms with van der Waals surface area (Å²) in [5.41, 5.74) is 8.40. The van der Waals surface area contributed by atoms with Gasteiger partial charge in [0.25, 0.3) is 0 Å². The summed E-state index contributed by atoms with van der Waals surface area (Å²) in [5, 5.41) is 12.7. The zero-order valence-electron chi connectivity index (χ0n) is 14.0. The molecule has 0 saturated carbocycles. The first-order valence-electron chi connectivity index (χ1n) is 7.47. The van der Waals surface area contributed by atoms with Gasteiger partial charge in [-0.2, -0.15) is 5.10 Å². The second-order valence-corrected chi connectivity index (χ2v) is 5.32. The van der Waals surface area contributed by atoms with Gasteiger partial charge in [0.1, 0.15) is 30.0 Å². The minimum atomic E-state index is 0. The second kappa shape index (κ2) is 8.25. The Hall–Kier alpha value is -2.93. The van der Waals surface area contributed by atoms with Gasteiger partial charge in [-0.05, 0) is 18.2 Å². The van der Waals surface area contributed by atoms with E-state index in [4.69, 9.17) is 10.5 Å². The fraction of sp³-hybridized carbons (Fsp3) is 0.176. The molecule has 0 aliphatic rings. The maximum absolute atomic E-state index is 6.13. The molecule has 2 N–H and O–H groups in total. The first-order chi connectivity index (χ1) is 11.7. The normalized spacial score (nSPS) is 10.6. The van der Waals surface area contributed by atoms with Crippen LogP contribution in [0.4, 0.5) is 17.2 Å². The van der Waals surface area contributed by atoms with E-state index in [2.05, 4.69) is 15.3 Å². The van der Waals surface area contributed by atoms with Crippen LogP contribution in [-0.2, 0) is 13.6 Å². The van der Waals surface area contributed by atoms with Gasteiger partial charge in [0.05, 0.1) is 19.9 Å². The Morgan fingerprint density at radius 3 is 2.68 bits per heavy atom. The molecule has 0 saturated heterocycles. The molecule has 2 heterocycles. The number of rotatable bonds is 5. The van der Waals surface area contributed by atoms with E-state index in [0.29, 0.717) is 29.5 Å². The molecule has 0 atom stereocenters. The van der Waals surface area contributed by atoms with E-state index in [9.17, 15) is 0 Å². The van der Waals surface area contributed by atoms with Crippen LogP contribution in [0, 0.1) is 0 Å². The number of anilines is 1.